The van der Waals surface area contributed by atoms with Crippen LogP contribution in [0.3, 0.4) is 0 Å². The van der Waals surface area contributed by atoms with Crippen LogP contribution in [0.4, 0.5) is 5.82 Å². The lowest BCUT2D eigenvalue weighted by Gasteiger charge is -2.25. The number of pyridine rings is 1. The number of nitrogens with zero attached hydrogens (tertiary/aromatic N) is 2. The summed E-state index contributed by atoms with van der Waals surface area (Å²) in [4.78, 5) is 6.90. The second kappa shape index (κ2) is 7.60. The van der Waals surface area contributed by atoms with Gasteiger partial charge in [-0.3, -0.25) is 0 Å². The molecule has 0 saturated carbocycles. The third kappa shape index (κ3) is 4.46. The average molecular weight is 277 g/mol. The predicted octanol–water partition coefficient (Wildman–Crippen LogP) is 2.58. The quantitative estimate of drug-likeness (QED) is 0.831. The van der Waals surface area contributed by atoms with E-state index in [9.17, 15) is 0 Å². The van der Waals surface area contributed by atoms with Crippen molar-refractivity contribution in [3.05, 3.63) is 23.9 Å². The van der Waals surface area contributed by atoms with E-state index in [2.05, 4.69) is 48.1 Å². The molecular weight excluding hydrogens is 250 g/mol. The van der Waals surface area contributed by atoms with Gasteiger partial charge in [-0.1, -0.05) is 19.9 Å². The van der Waals surface area contributed by atoms with Crippen LogP contribution in [0.1, 0.15) is 39.2 Å². The minimum atomic E-state index is 0.374. The molecule has 112 valence electrons. The molecule has 1 saturated heterocycles. The maximum Gasteiger partial charge on any atom is 0.128 e. The van der Waals surface area contributed by atoms with E-state index in [0.717, 1.165) is 32.1 Å². The molecule has 1 aliphatic rings. The highest BCUT2D eigenvalue weighted by Crippen LogP contribution is 2.17. The molecular formula is C16H27N3O. The van der Waals surface area contributed by atoms with Gasteiger partial charge in [0.1, 0.15) is 5.82 Å². The number of aromatic nitrogens is 1. The van der Waals surface area contributed by atoms with Crippen LogP contribution in [0.5, 0.6) is 0 Å². The Balaban J connectivity index is 1.92. The van der Waals surface area contributed by atoms with Crippen molar-refractivity contribution in [3.63, 3.8) is 0 Å². The van der Waals surface area contributed by atoms with E-state index < -0.39 is 0 Å². The third-order valence-corrected chi connectivity index (χ3v) is 3.68. The summed E-state index contributed by atoms with van der Waals surface area (Å²) in [5.41, 5.74) is 1.23. The van der Waals surface area contributed by atoms with Gasteiger partial charge in [0.05, 0.1) is 6.10 Å². The Hall–Kier alpha value is -1.13. The van der Waals surface area contributed by atoms with Crippen LogP contribution >= 0.6 is 0 Å². The standard InChI is InChI=1S/C16H27N3O/c1-4-19(12-15-6-5-9-20-15)16-8-7-14(11-18-16)10-17-13(2)3/h7-8,11,13,15,17H,4-6,9-10,12H2,1-3H3. The number of likely N-dealkylation sites (N-methyl/N-ethyl adjacent to an activating group) is 1. The molecule has 1 unspecified atom stereocenters. The molecule has 4 heteroatoms. The predicted molar refractivity (Wildman–Crippen MR) is 83.1 cm³/mol. The fourth-order valence-corrected chi connectivity index (χ4v) is 2.45. The maximum absolute atomic E-state index is 5.72. The minimum Gasteiger partial charge on any atom is -0.376 e. The SMILES string of the molecule is CCN(CC1CCCO1)c1ccc(CNC(C)C)cn1. The van der Waals surface area contributed by atoms with Gasteiger partial charge < -0.3 is 15.0 Å². The maximum atomic E-state index is 5.72. The zero-order valence-electron chi connectivity index (χ0n) is 12.9. The molecule has 2 rings (SSSR count). The lowest BCUT2D eigenvalue weighted by Crippen LogP contribution is -2.32. The van der Waals surface area contributed by atoms with E-state index in [1.807, 2.05) is 6.20 Å². The molecule has 2 heterocycles. The van der Waals surface area contributed by atoms with Crippen LogP contribution in [0, 0.1) is 0 Å². The number of hydrogen-bond acceptors (Lipinski definition) is 4. The molecule has 0 aromatic carbocycles. The molecule has 1 N–H and O–H groups in total. The van der Waals surface area contributed by atoms with Crippen molar-refractivity contribution < 1.29 is 4.74 Å². The fraction of sp³-hybridized carbons (Fsp3) is 0.688. The first-order chi connectivity index (χ1) is 9.69. The van der Waals surface area contributed by atoms with Gasteiger partial charge >= 0.3 is 0 Å². The lowest BCUT2D eigenvalue weighted by molar-refractivity contribution is 0.115. The summed E-state index contributed by atoms with van der Waals surface area (Å²) >= 11 is 0. The Morgan fingerprint density at radius 1 is 1.45 bits per heavy atom. The van der Waals surface area contributed by atoms with Crippen molar-refractivity contribution >= 4 is 5.82 Å². The van der Waals surface area contributed by atoms with Crippen molar-refractivity contribution in [3.8, 4) is 0 Å². The molecule has 1 fully saturated rings. The fourth-order valence-electron chi connectivity index (χ4n) is 2.45. The second-order valence-electron chi connectivity index (χ2n) is 5.73. The van der Waals surface area contributed by atoms with Gasteiger partial charge in [-0.25, -0.2) is 4.98 Å². The molecule has 0 aliphatic carbocycles. The summed E-state index contributed by atoms with van der Waals surface area (Å²) in [6.07, 6.45) is 4.71. The molecule has 0 radical (unpaired) electrons. The monoisotopic (exact) mass is 277 g/mol. The summed E-state index contributed by atoms with van der Waals surface area (Å²) in [5.74, 6) is 1.05. The summed E-state index contributed by atoms with van der Waals surface area (Å²) in [7, 11) is 0. The Bertz CT molecular complexity index is 385. The Labute approximate surface area is 122 Å². The number of ether oxygens (including phenoxy) is 1. The summed E-state index contributed by atoms with van der Waals surface area (Å²) < 4.78 is 5.72. The molecule has 0 amide bonds. The third-order valence-electron chi connectivity index (χ3n) is 3.68. The Morgan fingerprint density at radius 3 is 2.85 bits per heavy atom. The molecule has 1 aromatic heterocycles. The van der Waals surface area contributed by atoms with Crippen molar-refractivity contribution in [1.29, 1.82) is 0 Å². The molecule has 0 spiro atoms. The van der Waals surface area contributed by atoms with Crippen LogP contribution in [0.25, 0.3) is 0 Å². The van der Waals surface area contributed by atoms with Crippen LogP contribution in [-0.4, -0.2) is 36.8 Å². The van der Waals surface area contributed by atoms with Crippen molar-refractivity contribution in [2.24, 2.45) is 0 Å². The smallest absolute Gasteiger partial charge is 0.128 e. The van der Waals surface area contributed by atoms with Crippen LogP contribution in [0.15, 0.2) is 18.3 Å². The van der Waals surface area contributed by atoms with E-state index >= 15 is 0 Å². The number of hydrogen-bond donors (Lipinski definition) is 1. The number of anilines is 1. The largest absolute Gasteiger partial charge is 0.376 e. The Kier molecular flexibility index (Phi) is 5.80. The van der Waals surface area contributed by atoms with E-state index in [1.165, 1.54) is 18.4 Å². The van der Waals surface area contributed by atoms with Gasteiger partial charge in [0.15, 0.2) is 0 Å². The molecule has 0 bridgehead atoms. The topological polar surface area (TPSA) is 37.4 Å². The van der Waals surface area contributed by atoms with E-state index in [-0.39, 0.29) is 0 Å². The second-order valence-corrected chi connectivity index (χ2v) is 5.73. The van der Waals surface area contributed by atoms with Gasteiger partial charge in [0.2, 0.25) is 0 Å². The zero-order valence-corrected chi connectivity index (χ0v) is 12.9. The van der Waals surface area contributed by atoms with Gasteiger partial charge in [0.25, 0.3) is 0 Å². The van der Waals surface area contributed by atoms with Gasteiger partial charge in [-0.15, -0.1) is 0 Å². The van der Waals surface area contributed by atoms with E-state index in [0.29, 0.717) is 12.1 Å². The lowest BCUT2D eigenvalue weighted by atomic mass is 10.2. The molecule has 1 aliphatic heterocycles. The first kappa shape index (κ1) is 15.3. The number of rotatable bonds is 7. The first-order valence-electron chi connectivity index (χ1n) is 7.74. The van der Waals surface area contributed by atoms with E-state index in [1.54, 1.807) is 0 Å². The van der Waals surface area contributed by atoms with Gasteiger partial charge in [-0.2, -0.15) is 0 Å². The minimum absolute atomic E-state index is 0.374. The highest BCUT2D eigenvalue weighted by Gasteiger charge is 2.19. The molecule has 4 nitrogen and oxygen atoms in total. The zero-order chi connectivity index (χ0) is 14.4. The molecule has 20 heavy (non-hydrogen) atoms. The highest BCUT2D eigenvalue weighted by molar-refractivity contribution is 5.39. The van der Waals surface area contributed by atoms with Crippen LogP contribution in [0.2, 0.25) is 0 Å². The van der Waals surface area contributed by atoms with Gasteiger partial charge in [-0.05, 0) is 31.4 Å². The van der Waals surface area contributed by atoms with E-state index in [4.69, 9.17) is 4.74 Å². The summed E-state index contributed by atoms with van der Waals surface area (Å²) in [6, 6.07) is 4.78. The van der Waals surface area contributed by atoms with Crippen LogP contribution in [-0.2, 0) is 11.3 Å². The molecule has 1 aromatic rings. The van der Waals surface area contributed by atoms with Crippen LogP contribution < -0.4 is 10.2 Å². The van der Waals surface area contributed by atoms with Crippen molar-refractivity contribution in [2.45, 2.75) is 52.3 Å². The van der Waals surface area contributed by atoms with Crippen molar-refractivity contribution in [1.82, 2.24) is 10.3 Å². The van der Waals surface area contributed by atoms with Gasteiger partial charge in [0, 0.05) is 38.5 Å². The summed E-state index contributed by atoms with van der Waals surface area (Å²) in [6.45, 7) is 10.2. The first-order valence-corrected chi connectivity index (χ1v) is 7.74. The average Bonchev–Trinajstić information content (AvgIpc) is 2.96. The Morgan fingerprint density at radius 2 is 2.30 bits per heavy atom. The number of nitrogens with one attached hydrogen (secondary N) is 1. The molecule has 1 atom stereocenters. The highest BCUT2D eigenvalue weighted by atomic mass is 16.5. The van der Waals surface area contributed by atoms with Crippen molar-refractivity contribution in [2.75, 3.05) is 24.6 Å². The summed E-state index contributed by atoms with van der Waals surface area (Å²) in [5, 5.41) is 3.41. The normalized spacial score (nSPS) is 18.7.